The number of halogens is 2. The number of pyridine rings is 1. The van der Waals surface area contributed by atoms with Crippen LogP contribution in [0.25, 0.3) is 23.1 Å². The highest BCUT2D eigenvalue weighted by Crippen LogP contribution is 2.27. The summed E-state index contributed by atoms with van der Waals surface area (Å²) in [5, 5.41) is 1.92. The molecule has 2 aromatic carbocycles. The highest BCUT2D eigenvalue weighted by atomic mass is 35.5. The minimum Gasteiger partial charge on any atom is -0.427 e. The van der Waals surface area contributed by atoms with Gasteiger partial charge < -0.3 is 4.74 Å². The summed E-state index contributed by atoms with van der Waals surface area (Å²) in [5.74, 6) is 0.167. The van der Waals surface area contributed by atoms with Gasteiger partial charge >= 0.3 is 5.97 Å². The monoisotopic (exact) mass is 357 g/mol. The molecule has 0 bridgehead atoms. The Hall–Kier alpha value is -2.36. The molecule has 3 nitrogen and oxygen atoms in total. The van der Waals surface area contributed by atoms with Crippen LogP contribution in [0.2, 0.25) is 10.0 Å². The molecule has 1 heterocycles. The first kappa shape index (κ1) is 16.5. The first-order valence-electron chi connectivity index (χ1n) is 7.23. The van der Waals surface area contributed by atoms with Crippen LogP contribution in [0.1, 0.15) is 18.2 Å². The summed E-state index contributed by atoms with van der Waals surface area (Å²) in [6.45, 7) is 1.37. The number of carbonyl (C=O) groups excluding carboxylic acids is 1. The molecular formula is C19H13Cl2NO2. The molecule has 3 aromatic rings. The lowest BCUT2D eigenvalue weighted by Gasteiger charge is -2.03. The Kier molecular flexibility index (Phi) is 4.84. The minimum atomic E-state index is -0.345. The Balaban J connectivity index is 1.87. The van der Waals surface area contributed by atoms with Gasteiger partial charge in [-0.15, -0.1) is 0 Å². The van der Waals surface area contributed by atoms with Crippen molar-refractivity contribution in [2.45, 2.75) is 6.92 Å². The Morgan fingerprint density at radius 3 is 2.62 bits per heavy atom. The molecule has 0 spiro atoms. The van der Waals surface area contributed by atoms with Crippen molar-refractivity contribution in [1.82, 2.24) is 4.98 Å². The number of fused-ring (bicyclic) bond motifs is 1. The van der Waals surface area contributed by atoms with Crippen molar-refractivity contribution in [3.05, 3.63) is 69.8 Å². The quantitative estimate of drug-likeness (QED) is 0.449. The summed E-state index contributed by atoms with van der Waals surface area (Å²) >= 11 is 12.1. The lowest BCUT2D eigenvalue weighted by atomic mass is 10.1. The molecule has 1 aromatic heterocycles. The first-order chi connectivity index (χ1) is 11.5. The number of hydrogen-bond acceptors (Lipinski definition) is 3. The van der Waals surface area contributed by atoms with E-state index < -0.39 is 0 Å². The lowest BCUT2D eigenvalue weighted by molar-refractivity contribution is -0.131. The van der Waals surface area contributed by atoms with Crippen molar-refractivity contribution < 1.29 is 9.53 Å². The minimum absolute atomic E-state index is 0.345. The van der Waals surface area contributed by atoms with Crippen LogP contribution in [0, 0.1) is 0 Å². The van der Waals surface area contributed by atoms with E-state index in [1.54, 1.807) is 24.3 Å². The van der Waals surface area contributed by atoms with E-state index in [9.17, 15) is 4.79 Å². The largest absolute Gasteiger partial charge is 0.427 e. The molecule has 0 amide bonds. The Morgan fingerprint density at radius 1 is 1.04 bits per heavy atom. The van der Waals surface area contributed by atoms with Crippen LogP contribution in [0.4, 0.5) is 0 Å². The zero-order chi connectivity index (χ0) is 17.1. The molecule has 0 aliphatic carbocycles. The summed E-state index contributed by atoms with van der Waals surface area (Å²) in [4.78, 5) is 15.6. The second-order valence-corrected chi connectivity index (χ2v) is 6.01. The van der Waals surface area contributed by atoms with Crippen molar-refractivity contribution in [3.63, 3.8) is 0 Å². The number of ether oxygens (including phenoxy) is 1. The SMILES string of the molecule is CC(=O)Oc1cccc(/C=C/c2ccc3cc(Cl)c(Cl)cc3n2)c1. The molecule has 0 N–H and O–H groups in total. The Labute approximate surface area is 149 Å². The summed E-state index contributed by atoms with van der Waals surface area (Å²) in [5.41, 5.74) is 2.48. The van der Waals surface area contributed by atoms with Crippen LogP contribution in [0.15, 0.2) is 48.5 Å². The van der Waals surface area contributed by atoms with Crippen molar-refractivity contribution in [1.29, 1.82) is 0 Å². The number of carbonyl (C=O) groups is 1. The third-order valence-corrected chi connectivity index (χ3v) is 4.04. The van der Waals surface area contributed by atoms with Gasteiger partial charge in [0.1, 0.15) is 5.75 Å². The highest BCUT2D eigenvalue weighted by Gasteiger charge is 2.03. The number of esters is 1. The molecular weight excluding hydrogens is 345 g/mol. The van der Waals surface area contributed by atoms with E-state index in [-0.39, 0.29) is 5.97 Å². The van der Waals surface area contributed by atoms with E-state index >= 15 is 0 Å². The van der Waals surface area contributed by atoms with Crippen LogP contribution in [0.5, 0.6) is 5.75 Å². The molecule has 3 rings (SSSR count). The van der Waals surface area contributed by atoms with Crippen LogP contribution >= 0.6 is 23.2 Å². The van der Waals surface area contributed by atoms with Gasteiger partial charge in [-0.1, -0.05) is 47.5 Å². The van der Waals surface area contributed by atoms with Gasteiger partial charge in [-0.05, 0) is 42.0 Å². The van der Waals surface area contributed by atoms with Gasteiger partial charge in [0.15, 0.2) is 0 Å². The normalized spacial score (nSPS) is 11.1. The van der Waals surface area contributed by atoms with E-state index in [2.05, 4.69) is 4.98 Å². The average molecular weight is 358 g/mol. The van der Waals surface area contributed by atoms with Crippen molar-refractivity contribution in [2.24, 2.45) is 0 Å². The Bertz CT molecular complexity index is 951. The van der Waals surface area contributed by atoms with E-state index in [1.807, 2.05) is 36.4 Å². The molecule has 5 heteroatoms. The second kappa shape index (κ2) is 7.04. The number of nitrogens with zero attached hydrogens (tertiary/aromatic N) is 1. The van der Waals surface area contributed by atoms with Crippen molar-refractivity contribution >= 4 is 52.2 Å². The maximum Gasteiger partial charge on any atom is 0.308 e. The lowest BCUT2D eigenvalue weighted by Crippen LogP contribution is -2.00. The third-order valence-electron chi connectivity index (χ3n) is 3.32. The van der Waals surface area contributed by atoms with Crippen LogP contribution in [-0.4, -0.2) is 11.0 Å². The maximum absolute atomic E-state index is 11.0. The fourth-order valence-electron chi connectivity index (χ4n) is 2.26. The van der Waals surface area contributed by atoms with Gasteiger partial charge in [0, 0.05) is 12.3 Å². The number of hydrogen-bond donors (Lipinski definition) is 0. The summed E-state index contributed by atoms with van der Waals surface area (Å²) in [6.07, 6.45) is 3.79. The molecule has 24 heavy (non-hydrogen) atoms. The van der Waals surface area contributed by atoms with Crippen LogP contribution < -0.4 is 4.74 Å². The number of aromatic nitrogens is 1. The molecule has 0 fully saturated rings. The fourth-order valence-corrected chi connectivity index (χ4v) is 2.59. The molecule has 0 aliphatic rings. The van der Waals surface area contributed by atoms with Gasteiger partial charge in [-0.2, -0.15) is 0 Å². The van der Waals surface area contributed by atoms with E-state index in [4.69, 9.17) is 27.9 Å². The predicted octanol–water partition coefficient (Wildman–Crippen LogP) is 5.64. The van der Waals surface area contributed by atoms with Crippen LogP contribution in [-0.2, 0) is 4.79 Å². The molecule has 120 valence electrons. The highest BCUT2D eigenvalue weighted by molar-refractivity contribution is 6.42. The fraction of sp³-hybridized carbons (Fsp3) is 0.0526. The summed E-state index contributed by atoms with van der Waals surface area (Å²) in [7, 11) is 0. The van der Waals surface area contributed by atoms with Gasteiger partial charge in [0.05, 0.1) is 21.3 Å². The Morgan fingerprint density at radius 2 is 1.83 bits per heavy atom. The molecule has 0 atom stereocenters. The number of rotatable bonds is 3. The topological polar surface area (TPSA) is 39.2 Å². The zero-order valence-corrected chi connectivity index (χ0v) is 14.3. The average Bonchev–Trinajstić information content (AvgIpc) is 2.54. The summed E-state index contributed by atoms with van der Waals surface area (Å²) in [6, 6.07) is 14.7. The maximum atomic E-state index is 11.0. The van der Waals surface area contributed by atoms with Crippen molar-refractivity contribution in [3.8, 4) is 5.75 Å². The third kappa shape index (κ3) is 3.94. The first-order valence-corrected chi connectivity index (χ1v) is 7.99. The van der Waals surface area contributed by atoms with Gasteiger partial charge in [-0.25, -0.2) is 4.98 Å². The van der Waals surface area contributed by atoms with Crippen LogP contribution in [0.3, 0.4) is 0 Å². The van der Waals surface area contributed by atoms with Gasteiger partial charge in [-0.3, -0.25) is 4.79 Å². The van der Waals surface area contributed by atoms with Gasteiger partial charge in [0.2, 0.25) is 0 Å². The predicted molar refractivity (Wildman–Crippen MR) is 98.4 cm³/mol. The molecule has 0 aliphatic heterocycles. The molecule has 0 saturated heterocycles. The molecule has 0 unspecified atom stereocenters. The number of benzene rings is 2. The standard InChI is InChI=1S/C19H13Cl2NO2/c1-12(23)24-16-4-2-3-13(9-16)5-7-15-8-6-14-10-17(20)18(21)11-19(14)22-15/h2-11H,1H3/b7-5+. The molecule has 0 radical (unpaired) electrons. The zero-order valence-electron chi connectivity index (χ0n) is 12.8. The second-order valence-electron chi connectivity index (χ2n) is 5.19. The summed E-state index contributed by atoms with van der Waals surface area (Å²) < 4.78 is 5.07. The van der Waals surface area contributed by atoms with Gasteiger partial charge in [0.25, 0.3) is 0 Å². The molecule has 0 saturated carbocycles. The van der Waals surface area contributed by atoms with E-state index in [0.29, 0.717) is 15.8 Å². The van der Waals surface area contributed by atoms with Crippen molar-refractivity contribution in [2.75, 3.05) is 0 Å². The van der Waals surface area contributed by atoms with E-state index in [0.717, 1.165) is 22.2 Å². The smallest absolute Gasteiger partial charge is 0.308 e. The van der Waals surface area contributed by atoms with E-state index in [1.165, 1.54) is 6.92 Å².